The lowest BCUT2D eigenvalue weighted by atomic mass is 10.4. The van der Waals surface area contributed by atoms with Crippen LogP contribution >= 0.6 is 15.9 Å². The Kier molecular flexibility index (Phi) is 5.44. The molecule has 2 rings (SSSR count). The van der Waals surface area contributed by atoms with Gasteiger partial charge in [-0.2, -0.15) is 0 Å². The summed E-state index contributed by atoms with van der Waals surface area (Å²) in [6.45, 7) is 0.944. The third kappa shape index (κ3) is 4.99. The highest BCUT2D eigenvalue weighted by Gasteiger charge is 2.04. The first-order valence-corrected chi connectivity index (χ1v) is 7.07. The second-order valence-electron chi connectivity index (χ2n) is 4.18. The number of anilines is 1. The van der Waals surface area contributed by atoms with Crippen LogP contribution in [0.2, 0.25) is 0 Å². The summed E-state index contributed by atoms with van der Waals surface area (Å²) in [6.07, 6.45) is 6.35. The van der Waals surface area contributed by atoms with E-state index in [2.05, 4.69) is 36.5 Å². The van der Waals surface area contributed by atoms with Crippen molar-refractivity contribution in [1.29, 1.82) is 0 Å². The van der Waals surface area contributed by atoms with E-state index in [1.54, 1.807) is 30.9 Å². The van der Waals surface area contributed by atoms with Crippen molar-refractivity contribution in [2.75, 3.05) is 18.4 Å². The zero-order valence-corrected chi connectivity index (χ0v) is 12.7. The van der Waals surface area contributed by atoms with Crippen LogP contribution in [0.15, 0.2) is 46.2 Å². The van der Waals surface area contributed by atoms with E-state index < -0.39 is 0 Å². The van der Waals surface area contributed by atoms with E-state index in [0.717, 1.165) is 4.47 Å². The fourth-order valence-electron chi connectivity index (χ4n) is 1.62. The monoisotopic (exact) mass is 351 g/mol. The fraction of sp³-hybridized carbons (Fsp3) is 0.231. The zero-order valence-electron chi connectivity index (χ0n) is 11.1. The highest BCUT2D eigenvalue weighted by Crippen LogP contribution is 2.04. The van der Waals surface area contributed by atoms with E-state index in [4.69, 9.17) is 0 Å². The molecule has 0 saturated heterocycles. The average Bonchev–Trinajstić information content (AvgIpc) is 2.48. The van der Waals surface area contributed by atoms with Crippen LogP contribution in [0.4, 0.5) is 5.82 Å². The number of carbonyl (C=O) groups excluding carboxylic acids is 1. The van der Waals surface area contributed by atoms with Gasteiger partial charge in [-0.25, -0.2) is 4.98 Å². The third-order valence-electron chi connectivity index (χ3n) is 2.58. The van der Waals surface area contributed by atoms with E-state index in [-0.39, 0.29) is 18.0 Å². The summed E-state index contributed by atoms with van der Waals surface area (Å²) in [5, 5.41) is 5.74. The van der Waals surface area contributed by atoms with Gasteiger partial charge in [-0.15, -0.1) is 0 Å². The van der Waals surface area contributed by atoms with Gasteiger partial charge in [-0.1, -0.05) is 0 Å². The van der Waals surface area contributed by atoms with Gasteiger partial charge in [0.2, 0.25) is 5.91 Å². The molecule has 0 spiro atoms. The molecule has 0 bridgehead atoms. The molecule has 2 aromatic heterocycles. The molecular weight excluding hydrogens is 338 g/mol. The number of carbonyl (C=O) groups is 1. The van der Waals surface area contributed by atoms with Crippen LogP contribution in [0.3, 0.4) is 0 Å². The quantitative estimate of drug-likeness (QED) is 0.745. The highest BCUT2D eigenvalue weighted by molar-refractivity contribution is 9.10. The fourth-order valence-corrected chi connectivity index (χ4v) is 2.00. The van der Waals surface area contributed by atoms with Gasteiger partial charge in [-0.3, -0.25) is 14.6 Å². The summed E-state index contributed by atoms with van der Waals surface area (Å²) in [7, 11) is 0. The molecule has 110 valence electrons. The van der Waals surface area contributed by atoms with E-state index in [1.165, 1.54) is 10.6 Å². The second kappa shape index (κ2) is 7.53. The van der Waals surface area contributed by atoms with E-state index >= 15 is 0 Å². The number of rotatable bonds is 6. The van der Waals surface area contributed by atoms with Gasteiger partial charge in [-0.05, 0) is 22.0 Å². The SMILES string of the molecule is O=C(Cn1cc(Br)ccc1=O)NCCNc1cnccn1. The molecule has 0 aliphatic carbocycles. The summed E-state index contributed by atoms with van der Waals surface area (Å²) >= 11 is 3.26. The molecule has 0 atom stereocenters. The zero-order chi connectivity index (χ0) is 15.1. The number of aromatic nitrogens is 3. The van der Waals surface area contributed by atoms with Gasteiger partial charge in [0.1, 0.15) is 12.4 Å². The first-order valence-electron chi connectivity index (χ1n) is 6.28. The molecule has 2 aromatic rings. The van der Waals surface area contributed by atoms with Crippen molar-refractivity contribution >= 4 is 27.7 Å². The molecule has 0 aliphatic rings. The number of halogens is 1. The summed E-state index contributed by atoms with van der Waals surface area (Å²) in [5.41, 5.74) is -0.217. The normalized spacial score (nSPS) is 10.1. The predicted octanol–water partition coefficient (Wildman–Crippen LogP) is 0.629. The maximum atomic E-state index is 11.7. The number of nitrogens with zero attached hydrogens (tertiary/aromatic N) is 3. The molecule has 2 N–H and O–H groups in total. The molecule has 7 nitrogen and oxygen atoms in total. The molecule has 0 fully saturated rings. The van der Waals surface area contributed by atoms with Crippen LogP contribution in [-0.4, -0.2) is 33.5 Å². The largest absolute Gasteiger partial charge is 0.367 e. The molecule has 0 aliphatic heterocycles. The van der Waals surface area contributed by atoms with Gasteiger partial charge >= 0.3 is 0 Å². The number of hydrogen-bond donors (Lipinski definition) is 2. The number of hydrogen-bond acceptors (Lipinski definition) is 5. The summed E-state index contributed by atoms with van der Waals surface area (Å²) in [4.78, 5) is 31.3. The molecule has 2 heterocycles. The summed E-state index contributed by atoms with van der Waals surface area (Å²) in [6, 6.07) is 3.05. The lowest BCUT2D eigenvalue weighted by Crippen LogP contribution is -2.34. The average molecular weight is 352 g/mol. The second-order valence-corrected chi connectivity index (χ2v) is 5.10. The number of amides is 1. The predicted molar refractivity (Wildman–Crippen MR) is 81.9 cm³/mol. The van der Waals surface area contributed by atoms with Gasteiger partial charge < -0.3 is 15.2 Å². The van der Waals surface area contributed by atoms with Crippen molar-refractivity contribution in [2.45, 2.75) is 6.54 Å². The Bertz CT molecular complexity index is 659. The maximum absolute atomic E-state index is 11.7. The lowest BCUT2D eigenvalue weighted by Gasteiger charge is -2.08. The van der Waals surface area contributed by atoms with E-state index in [9.17, 15) is 9.59 Å². The Hall–Kier alpha value is -2.22. The van der Waals surface area contributed by atoms with Crippen LogP contribution in [0, 0.1) is 0 Å². The lowest BCUT2D eigenvalue weighted by molar-refractivity contribution is -0.121. The third-order valence-corrected chi connectivity index (χ3v) is 3.05. The summed E-state index contributed by atoms with van der Waals surface area (Å²) < 4.78 is 2.09. The molecule has 0 unspecified atom stereocenters. The van der Waals surface area contributed by atoms with E-state index in [0.29, 0.717) is 18.9 Å². The molecule has 8 heteroatoms. The van der Waals surface area contributed by atoms with Crippen molar-refractivity contribution in [3.8, 4) is 0 Å². The number of nitrogens with one attached hydrogen (secondary N) is 2. The van der Waals surface area contributed by atoms with Gasteiger partial charge in [0.25, 0.3) is 5.56 Å². The van der Waals surface area contributed by atoms with Crippen molar-refractivity contribution in [3.63, 3.8) is 0 Å². The van der Waals surface area contributed by atoms with Crippen LogP contribution in [0.5, 0.6) is 0 Å². The first-order chi connectivity index (χ1) is 10.1. The van der Waals surface area contributed by atoms with E-state index in [1.807, 2.05) is 0 Å². The van der Waals surface area contributed by atoms with Crippen LogP contribution in [0.1, 0.15) is 0 Å². The topological polar surface area (TPSA) is 88.9 Å². The Morgan fingerprint density at radius 1 is 1.29 bits per heavy atom. The molecule has 0 radical (unpaired) electrons. The maximum Gasteiger partial charge on any atom is 0.251 e. The molecule has 0 saturated carbocycles. The van der Waals surface area contributed by atoms with Crippen molar-refractivity contribution in [1.82, 2.24) is 19.9 Å². The smallest absolute Gasteiger partial charge is 0.251 e. The van der Waals surface area contributed by atoms with Gasteiger partial charge in [0, 0.05) is 42.2 Å². The molecule has 21 heavy (non-hydrogen) atoms. The van der Waals surface area contributed by atoms with Crippen molar-refractivity contribution in [2.24, 2.45) is 0 Å². The van der Waals surface area contributed by atoms with Gasteiger partial charge in [0.05, 0.1) is 6.20 Å². The van der Waals surface area contributed by atoms with Crippen LogP contribution < -0.4 is 16.2 Å². The molecule has 0 aromatic carbocycles. The minimum atomic E-state index is -0.226. The Morgan fingerprint density at radius 2 is 2.14 bits per heavy atom. The molecular formula is C13H14BrN5O2. The molecule has 1 amide bonds. The Labute approximate surface area is 129 Å². The van der Waals surface area contributed by atoms with Gasteiger partial charge in [0.15, 0.2) is 0 Å². The highest BCUT2D eigenvalue weighted by atomic mass is 79.9. The minimum absolute atomic E-state index is 0.0105. The van der Waals surface area contributed by atoms with Crippen LogP contribution in [0.25, 0.3) is 0 Å². The standard InChI is InChI=1S/C13H14BrN5O2/c14-10-1-2-13(21)19(8-10)9-12(20)18-6-5-17-11-7-15-3-4-16-11/h1-4,7-8H,5-6,9H2,(H,16,17)(H,18,20). The Morgan fingerprint density at radius 3 is 2.90 bits per heavy atom. The number of pyridine rings is 1. The summed E-state index contributed by atoms with van der Waals surface area (Å²) in [5.74, 6) is 0.422. The minimum Gasteiger partial charge on any atom is -0.367 e. The first kappa shape index (κ1) is 15.2. The van der Waals surface area contributed by atoms with Crippen molar-refractivity contribution in [3.05, 3.63) is 51.7 Å². The Balaban J connectivity index is 1.75. The van der Waals surface area contributed by atoms with Crippen molar-refractivity contribution < 1.29 is 4.79 Å². The van der Waals surface area contributed by atoms with Crippen LogP contribution in [-0.2, 0) is 11.3 Å².